The smallest absolute Gasteiger partial charge is 0.150 e. The average Bonchev–Trinajstić information content (AvgIpc) is 2.88. The first-order chi connectivity index (χ1) is 8.97. The van der Waals surface area contributed by atoms with Crippen LogP contribution in [0.1, 0.15) is 51.4 Å². The van der Waals surface area contributed by atoms with Crippen LogP contribution in [0.4, 0.5) is 0 Å². The number of carbonyl (C=O) groups is 1. The number of rotatable bonds is 5. The Morgan fingerprint density at radius 2 is 1.79 bits per heavy atom. The number of Topliss-reactive ketones (excluding diaryl/α,β-unsaturated/α-hetero) is 1. The molecule has 0 bridgehead atoms. The summed E-state index contributed by atoms with van der Waals surface area (Å²) in [5, 5.41) is 0.380. The van der Waals surface area contributed by atoms with E-state index < -0.39 is 9.84 Å². The van der Waals surface area contributed by atoms with Gasteiger partial charge in [0.15, 0.2) is 0 Å². The van der Waals surface area contributed by atoms with E-state index in [4.69, 9.17) is 0 Å². The van der Waals surface area contributed by atoms with Crippen LogP contribution in [0.3, 0.4) is 0 Å². The van der Waals surface area contributed by atoms with Crippen molar-refractivity contribution < 1.29 is 13.2 Å². The van der Waals surface area contributed by atoms with Gasteiger partial charge in [-0.25, -0.2) is 8.42 Å². The molecule has 3 nitrogen and oxygen atoms in total. The number of hydrogen-bond donors (Lipinski definition) is 0. The molecule has 2 saturated carbocycles. The minimum absolute atomic E-state index is 0.0117. The van der Waals surface area contributed by atoms with Crippen LogP contribution < -0.4 is 0 Å². The van der Waals surface area contributed by atoms with Crippen LogP contribution in [0, 0.1) is 5.92 Å². The molecule has 19 heavy (non-hydrogen) atoms. The Kier molecular flexibility index (Phi) is 5.35. The lowest BCUT2D eigenvalue weighted by atomic mass is 9.86. The maximum Gasteiger partial charge on any atom is 0.150 e. The second kappa shape index (κ2) is 6.61. The Bertz CT molecular complexity index is 410. The molecule has 2 aliphatic carbocycles. The molecule has 0 aromatic rings. The number of carbonyl (C=O) groups excluding carboxylic acids is 1. The number of ketones is 1. The summed E-state index contributed by atoms with van der Waals surface area (Å²) < 4.78 is 23.2. The van der Waals surface area contributed by atoms with Crippen molar-refractivity contribution in [1.82, 2.24) is 0 Å². The summed E-state index contributed by atoms with van der Waals surface area (Å²) in [6, 6.07) is 0. The van der Waals surface area contributed by atoms with Gasteiger partial charge in [0.25, 0.3) is 0 Å². The second-order valence-electron chi connectivity index (χ2n) is 6.00. The van der Waals surface area contributed by atoms with Crippen molar-refractivity contribution in [3.63, 3.8) is 0 Å². The van der Waals surface area contributed by atoms with Gasteiger partial charge in [-0.3, -0.25) is 4.79 Å². The van der Waals surface area contributed by atoms with Crippen LogP contribution in [0.5, 0.6) is 0 Å². The molecular formula is C14H24O3S2. The van der Waals surface area contributed by atoms with Crippen molar-refractivity contribution in [2.45, 2.75) is 61.9 Å². The summed E-state index contributed by atoms with van der Waals surface area (Å²) in [5.41, 5.74) is 0. The largest absolute Gasteiger partial charge is 0.298 e. The molecule has 2 fully saturated rings. The zero-order valence-electron chi connectivity index (χ0n) is 11.6. The summed E-state index contributed by atoms with van der Waals surface area (Å²) in [4.78, 5) is 12.2. The number of thioether (sulfide) groups is 1. The van der Waals surface area contributed by atoms with Crippen molar-refractivity contribution >= 4 is 27.4 Å². The molecular weight excluding hydrogens is 280 g/mol. The molecule has 2 aliphatic rings. The predicted molar refractivity (Wildman–Crippen MR) is 80.3 cm³/mol. The van der Waals surface area contributed by atoms with Gasteiger partial charge in [-0.05, 0) is 32.1 Å². The van der Waals surface area contributed by atoms with E-state index in [1.54, 1.807) is 11.8 Å². The average molecular weight is 304 g/mol. The third-order valence-electron chi connectivity index (χ3n) is 4.45. The molecule has 0 amide bonds. The zero-order chi connectivity index (χ0) is 13.9. The summed E-state index contributed by atoms with van der Waals surface area (Å²) in [5.74, 6) is 0.860. The van der Waals surface area contributed by atoms with E-state index in [1.165, 1.54) is 31.9 Å². The molecule has 2 rings (SSSR count). The van der Waals surface area contributed by atoms with E-state index in [1.807, 2.05) is 0 Å². The number of sulfone groups is 1. The third-order valence-corrected chi connectivity index (χ3v) is 7.48. The van der Waals surface area contributed by atoms with E-state index in [0.717, 1.165) is 19.3 Å². The van der Waals surface area contributed by atoms with Gasteiger partial charge >= 0.3 is 0 Å². The predicted octanol–water partition coefficient (Wildman–Crippen LogP) is 2.83. The van der Waals surface area contributed by atoms with Gasteiger partial charge in [-0.15, -0.1) is 0 Å². The Morgan fingerprint density at radius 1 is 1.11 bits per heavy atom. The highest BCUT2D eigenvalue weighted by Gasteiger charge is 2.32. The van der Waals surface area contributed by atoms with Gasteiger partial charge in [0.05, 0.1) is 11.0 Å². The lowest BCUT2D eigenvalue weighted by Gasteiger charge is -2.27. The topological polar surface area (TPSA) is 51.2 Å². The Morgan fingerprint density at radius 3 is 2.42 bits per heavy atom. The van der Waals surface area contributed by atoms with Gasteiger partial charge in [0.2, 0.25) is 0 Å². The maximum absolute atomic E-state index is 12.2. The third kappa shape index (κ3) is 4.48. The normalized spacial score (nSPS) is 29.5. The highest BCUT2D eigenvalue weighted by Crippen LogP contribution is 2.33. The summed E-state index contributed by atoms with van der Waals surface area (Å²) >= 11 is 1.80. The van der Waals surface area contributed by atoms with E-state index in [9.17, 15) is 13.2 Å². The molecule has 0 saturated heterocycles. The SMILES string of the molecule is CS(=O)(=O)C1CCCC(C(=O)CSC2CCCC2)C1. The van der Waals surface area contributed by atoms with Crippen molar-refractivity contribution in [2.75, 3.05) is 12.0 Å². The molecule has 110 valence electrons. The van der Waals surface area contributed by atoms with Gasteiger partial charge in [-0.2, -0.15) is 11.8 Å². The molecule has 2 unspecified atom stereocenters. The van der Waals surface area contributed by atoms with E-state index >= 15 is 0 Å². The fourth-order valence-corrected chi connectivity index (χ4v) is 5.68. The van der Waals surface area contributed by atoms with Crippen LogP contribution in [-0.4, -0.2) is 36.7 Å². The van der Waals surface area contributed by atoms with Crippen molar-refractivity contribution in [2.24, 2.45) is 5.92 Å². The van der Waals surface area contributed by atoms with E-state index in [0.29, 0.717) is 17.4 Å². The van der Waals surface area contributed by atoms with Gasteiger partial charge < -0.3 is 0 Å². The van der Waals surface area contributed by atoms with Crippen LogP contribution in [0.2, 0.25) is 0 Å². The quantitative estimate of drug-likeness (QED) is 0.783. The Hall–Kier alpha value is -0.0300. The van der Waals surface area contributed by atoms with Gasteiger partial charge in [0, 0.05) is 17.4 Å². The lowest BCUT2D eigenvalue weighted by molar-refractivity contribution is -0.121. The Labute approximate surface area is 120 Å². The van der Waals surface area contributed by atoms with Crippen LogP contribution in [0.15, 0.2) is 0 Å². The number of hydrogen-bond acceptors (Lipinski definition) is 4. The highest BCUT2D eigenvalue weighted by molar-refractivity contribution is 8.00. The maximum atomic E-state index is 12.2. The van der Waals surface area contributed by atoms with Crippen LogP contribution in [0.25, 0.3) is 0 Å². The van der Waals surface area contributed by atoms with Crippen molar-refractivity contribution in [3.05, 3.63) is 0 Å². The molecule has 5 heteroatoms. The first kappa shape index (κ1) is 15.4. The standard InChI is InChI=1S/C14H24O3S2/c1-19(16,17)13-8-4-5-11(9-13)14(15)10-18-12-6-2-3-7-12/h11-13H,2-10H2,1H3. The molecule has 0 N–H and O–H groups in total. The fourth-order valence-electron chi connectivity index (χ4n) is 3.20. The fraction of sp³-hybridized carbons (Fsp3) is 0.929. The van der Waals surface area contributed by atoms with Crippen LogP contribution >= 0.6 is 11.8 Å². The van der Waals surface area contributed by atoms with Gasteiger partial charge in [0.1, 0.15) is 15.6 Å². The molecule has 0 aromatic carbocycles. The first-order valence-corrected chi connectivity index (χ1v) is 10.3. The molecule has 0 radical (unpaired) electrons. The zero-order valence-corrected chi connectivity index (χ0v) is 13.3. The van der Waals surface area contributed by atoms with E-state index in [-0.39, 0.29) is 17.0 Å². The summed E-state index contributed by atoms with van der Waals surface area (Å²) in [6.07, 6.45) is 9.44. The first-order valence-electron chi connectivity index (χ1n) is 7.30. The second-order valence-corrected chi connectivity index (χ2v) is 9.61. The van der Waals surface area contributed by atoms with Crippen LogP contribution in [-0.2, 0) is 14.6 Å². The minimum Gasteiger partial charge on any atom is -0.298 e. The molecule has 2 atom stereocenters. The van der Waals surface area contributed by atoms with E-state index in [2.05, 4.69) is 0 Å². The monoisotopic (exact) mass is 304 g/mol. The molecule has 0 heterocycles. The molecule has 0 spiro atoms. The summed E-state index contributed by atoms with van der Waals surface area (Å²) in [6.45, 7) is 0. The Balaban J connectivity index is 1.81. The van der Waals surface area contributed by atoms with Gasteiger partial charge in [-0.1, -0.05) is 19.3 Å². The molecule has 0 aliphatic heterocycles. The molecule has 0 aromatic heterocycles. The highest BCUT2D eigenvalue weighted by atomic mass is 32.2. The lowest BCUT2D eigenvalue weighted by Crippen LogP contribution is -2.32. The minimum atomic E-state index is -2.98. The van der Waals surface area contributed by atoms with Crippen molar-refractivity contribution in [1.29, 1.82) is 0 Å². The van der Waals surface area contributed by atoms with Crippen molar-refractivity contribution in [3.8, 4) is 0 Å². The summed E-state index contributed by atoms with van der Waals surface area (Å²) in [7, 11) is -2.98.